The van der Waals surface area contributed by atoms with Crippen LogP contribution in [0.25, 0.3) is 0 Å². The monoisotopic (exact) mass is 262 g/mol. The summed E-state index contributed by atoms with van der Waals surface area (Å²) in [4.78, 5) is 0.0432. The second-order valence-corrected chi connectivity index (χ2v) is 10.6. The summed E-state index contributed by atoms with van der Waals surface area (Å²) in [7, 11) is -1.61. The molecule has 0 N–H and O–H groups in total. The molecular weight excluding hydrogens is 244 g/mol. The lowest BCUT2D eigenvalue weighted by atomic mass is 10.2. The molecule has 0 aromatic carbocycles. The fourth-order valence-corrected chi connectivity index (χ4v) is 1.94. The van der Waals surface area contributed by atoms with Crippen LogP contribution in [-0.4, -0.2) is 19.8 Å². The first kappa shape index (κ1) is 13.2. The van der Waals surface area contributed by atoms with Gasteiger partial charge in [-0.15, -0.1) is 6.42 Å². The van der Waals surface area contributed by atoms with E-state index in [4.69, 9.17) is 10.8 Å². The number of alkyl halides is 1. The summed E-state index contributed by atoms with van der Waals surface area (Å²) in [5.41, 5.74) is 0. The van der Waals surface area contributed by atoms with Crippen LogP contribution in [0, 0.1) is 12.3 Å². The Balaban J connectivity index is 4.14. The number of terminal acetylenes is 1. The highest BCUT2D eigenvalue weighted by molar-refractivity contribution is 9.09. The van der Waals surface area contributed by atoms with Crippen LogP contribution in [0.2, 0.25) is 18.1 Å². The molecule has 0 aromatic rings. The quantitative estimate of drug-likeness (QED) is 0.431. The number of rotatable bonds is 3. The Morgan fingerprint density at radius 3 is 2.23 bits per heavy atom. The van der Waals surface area contributed by atoms with Crippen molar-refractivity contribution in [2.75, 3.05) is 6.61 Å². The van der Waals surface area contributed by atoms with Gasteiger partial charge in [-0.2, -0.15) is 0 Å². The summed E-state index contributed by atoms with van der Waals surface area (Å²) in [6, 6.07) is 0. The van der Waals surface area contributed by atoms with Crippen molar-refractivity contribution in [3.8, 4) is 12.3 Å². The van der Waals surface area contributed by atoms with E-state index >= 15 is 0 Å². The van der Waals surface area contributed by atoms with Gasteiger partial charge in [0.05, 0.1) is 11.4 Å². The van der Waals surface area contributed by atoms with Gasteiger partial charge in [-0.05, 0) is 18.1 Å². The molecule has 0 bridgehead atoms. The lowest BCUT2D eigenvalue weighted by Gasteiger charge is -2.36. The second kappa shape index (κ2) is 4.63. The molecule has 13 heavy (non-hydrogen) atoms. The maximum atomic E-state index is 5.90. The third-order valence-electron chi connectivity index (χ3n) is 2.58. The Morgan fingerprint density at radius 2 is 1.92 bits per heavy atom. The van der Waals surface area contributed by atoms with Gasteiger partial charge in [0.25, 0.3) is 0 Å². The zero-order chi connectivity index (χ0) is 10.7. The van der Waals surface area contributed by atoms with Gasteiger partial charge in [0.2, 0.25) is 0 Å². The molecule has 0 aromatic heterocycles. The summed E-state index contributed by atoms with van der Waals surface area (Å²) in [6.45, 7) is 11.7. The predicted octanol–water partition coefficient (Wildman–Crippen LogP) is 3.40. The molecule has 0 unspecified atom stereocenters. The molecule has 3 heteroatoms. The molecule has 1 atom stereocenters. The first-order valence-corrected chi connectivity index (χ1v) is 8.27. The Kier molecular flexibility index (Phi) is 4.71. The lowest BCUT2D eigenvalue weighted by Crippen LogP contribution is -2.41. The average molecular weight is 263 g/mol. The van der Waals surface area contributed by atoms with E-state index in [0.717, 1.165) is 0 Å². The zero-order valence-corrected chi connectivity index (χ0v) is 11.7. The van der Waals surface area contributed by atoms with Crippen molar-refractivity contribution in [2.24, 2.45) is 0 Å². The van der Waals surface area contributed by atoms with Crippen molar-refractivity contribution < 1.29 is 4.43 Å². The van der Waals surface area contributed by atoms with Crippen LogP contribution in [0.15, 0.2) is 0 Å². The molecule has 0 aliphatic carbocycles. The van der Waals surface area contributed by atoms with Gasteiger partial charge in [0, 0.05) is 0 Å². The predicted molar refractivity (Wildman–Crippen MR) is 64.7 cm³/mol. The lowest BCUT2D eigenvalue weighted by molar-refractivity contribution is 0.301. The van der Waals surface area contributed by atoms with Gasteiger partial charge in [-0.1, -0.05) is 42.6 Å². The van der Waals surface area contributed by atoms with E-state index in [-0.39, 0.29) is 9.87 Å². The normalized spacial score (nSPS) is 15.2. The minimum atomic E-state index is -1.61. The van der Waals surface area contributed by atoms with Crippen LogP contribution in [-0.2, 0) is 4.43 Å². The molecule has 76 valence electrons. The summed E-state index contributed by atoms with van der Waals surface area (Å²) in [6.07, 6.45) is 5.25. The van der Waals surface area contributed by atoms with Gasteiger partial charge < -0.3 is 4.43 Å². The van der Waals surface area contributed by atoms with Gasteiger partial charge >= 0.3 is 0 Å². The molecule has 0 heterocycles. The van der Waals surface area contributed by atoms with Gasteiger partial charge in [0.1, 0.15) is 0 Å². The second-order valence-electron chi connectivity index (χ2n) is 4.71. The summed E-state index contributed by atoms with van der Waals surface area (Å²) in [5, 5.41) is 0.258. The Hall–Kier alpha value is 0.217. The van der Waals surface area contributed by atoms with Crippen molar-refractivity contribution in [1.29, 1.82) is 0 Å². The fraction of sp³-hybridized carbons (Fsp3) is 0.800. The van der Waals surface area contributed by atoms with Gasteiger partial charge in [0.15, 0.2) is 8.32 Å². The van der Waals surface area contributed by atoms with Crippen LogP contribution in [0.1, 0.15) is 20.8 Å². The molecule has 0 rings (SSSR count). The number of halogens is 1. The third-order valence-corrected chi connectivity index (χ3v) is 7.61. The molecule has 0 aliphatic heterocycles. The van der Waals surface area contributed by atoms with Crippen molar-refractivity contribution >= 4 is 24.2 Å². The molecule has 0 radical (unpaired) electrons. The van der Waals surface area contributed by atoms with Crippen molar-refractivity contribution in [2.45, 2.75) is 43.7 Å². The number of hydrogen-bond acceptors (Lipinski definition) is 1. The van der Waals surface area contributed by atoms with Crippen molar-refractivity contribution in [3.05, 3.63) is 0 Å². The molecule has 0 saturated carbocycles. The van der Waals surface area contributed by atoms with E-state index in [1.807, 2.05) is 0 Å². The molecule has 0 spiro atoms. The first-order chi connectivity index (χ1) is 5.70. The van der Waals surface area contributed by atoms with E-state index in [1.165, 1.54) is 0 Å². The minimum Gasteiger partial charge on any atom is -0.415 e. The minimum absolute atomic E-state index is 0.0432. The van der Waals surface area contributed by atoms with Crippen molar-refractivity contribution in [1.82, 2.24) is 0 Å². The van der Waals surface area contributed by atoms with E-state index in [2.05, 4.69) is 55.7 Å². The highest BCUT2D eigenvalue weighted by atomic mass is 79.9. The largest absolute Gasteiger partial charge is 0.415 e. The van der Waals surface area contributed by atoms with Gasteiger partial charge in [-0.25, -0.2) is 0 Å². The molecule has 0 amide bonds. The topological polar surface area (TPSA) is 9.23 Å². The standard InChI is InChI=1S/C10H19BrOSi/c1-7-9(11)8-12-13(5,6)10(2,3)4/h1,9H,8H2,2-6H3/t9-/m0/s1. The molecule has 0 saturated heterocycles. The third kappa shape index (κ3) is 4.30. The fourth-order valence-electron chi connectivity index (χ4n) is 0.546. The Labute approximate surface area is 91.5 Å². The van der Waals surface area contributed by atoms with Crippen molar-refractivity contribution in [3.63, 3.8) is 0 Å². The zero-order valence-electron chi connectivity index (χ0n) is 9.15. The molecular formula is C10H19BrOSi. The van der Waals surface area contributed by atoms with Crippen LogP contribution < -0.4 is 0 Å². The van der Waals surface area contributed by atoms with Gasteiger partial charge in [-0.3, -0.25) is 0 Å². The summed E-state index contributed by atoms with van der Waals surface area (Å²) < 4.78 is 5.90. The first-order valence-electron chi connectivity index (χ1n) is 4.45. The summed E-state index contributed by atoms with van der Waals surface area (Å²) >= 11 is 3.36. The molecule has 0 aliphatic rings. The van der Waals surface area contributed by atoms with Crippen LogP contribution >= 0.6 is 15.9 Å². The number of hydrogen-bond donors (Lipinski definition) is 0. The Morgan fingerprint density at radius 1 is 1.46 bits per heavy atom. The van der Waals surface area contributed by atoms with E-state index < -0.39 is 8.32 Å². The maximum absolute atomic E-state index is 5.90. The summed E-state index contributed by atoms with van der Waals surface area (Å²) in [5.74, 6) is 2.60. The van der Waals surface area contributed by atoms with Crippen LogP contribution in [0.5, 0.6) is 0 Å². The SMILES string of the molecule is C#C[C@H](Br)CO[Si](C)(C)C(C)(C)C. The van der Waals surface area contributed by atoms with Crippen LogP contribution in [0.3, 0.4) is 0 Å². The smallest absolute Gasteiger partial charge is 0.192 e. The van der Waals surface area contributed by atoms with Crippen LogP contribution in [0.4, 0.5) is 0 Å². The highest BCUT2D eigenvalue weighted by Gasteiger charge is 2.37. The maximum Gasteiger partial charge on any atom is 0.192 e. The molecule has 1 nitrogen and oxygen atoms in total. The highest BCUT2D eigenvalue weighted by Crippen LogP contribution is 2.36. The van der Waals surface area contributed by atoms with E-state index in [0.29, 0.717) is 6.61 Å². The molecule has 0 fully saturated rings. The van der Waals surface area contributed by atoms with E-state index in [9.17, 15) is 0 Å². The Bertz CT molecular complexity index is 200. The average Bonchev–Trinajstić information content (AvgIpc) is 1.98. The van der Waals surface area contributed by atoms with E-state index in [1.54, 1.807) is 0 Å².